The molecule has 0 saturated heterocycles. The van der Waals surface area contributed by atoms with Crippen LogP contribution < -0.4 is 4.74 Å². The van der Waals surface area contributed by atoms with E-state index in [4.69, 9.17) is 9.47 Å². The predicted octanol–water partition coefficient (Wildman–Crippen LogP) is 4.01. The van der Waals surface area contributed by atoms with Gasteiger partial charge in [-0.15, -0.1) is 12.4 Å². The van der Waals surface area contributed by atoms with Crippen LogP contribution >= 0.6 is 23.7 Å². The Hall–Kier alpha value is -1.10. The Balaban J connectivity index is 0.00000180. The minimum Gasteiger partial charge on any atom is -0.483 e. The first kappa shape index (κ1) is 16.0. The van der Waals surface area contributed by atoms with Crippen LogP contribution in [0.3, 0.4) is 0 Å². The van der Waals surface area contributed by atoms with Crippen molar-refractivity contribution in [2.75, 3.05) is 13.7 Å². The summed E-state index contributed by atoms with van der Waals surface area (Å²) < 4.78 is 11.1. The summed E-state index contributed by atoms with van der Waals surface area (Å²) in [5.41, 5.74) is 2.03. The minimum absolute atomic E-state index is 0. The number of nitrogens with zero attached hydrogens (tertiary/aromatic N) is 1. The van der Waals surface area contributed by atoms with Crippen LogP contribution in [0.15, 0.2) is 30.3 Å². The highest BCUT2D eigenvalue weighted by atomic mass is 35.5. The highest BCUT2D eigenvalue weighted by Gasteiger charge is 2.19. The zero-order valence-corrected chi connectivity index (χ0v) is 12.9. The number of benzene rings is 1. The minimum atomic E-state index is -0.121. The van der Waals surface area contributed by atoms with Crippen molar-refractivity contribution in [1.82, 2.24) is 4.98 Å². The second kappa shape index (κ2) is 7.48. The van der Waals surface area contributed by atoms with Gasteiger partial charge in [0.1, 0.15) is 11.1 Å². The molecule has 0 aliphatic rings. The van der Waals surface area contributed by atoms with E-state index in [-0.39, 0.29) is 18.5 Å². The van der Waals surface area contributed by atoms with E-state index in [1.54, 1.807) is 18.4 Å². The van der Waals surface area contributed by atoms with Gasteiger partial charge in [-0.05, 0) is 19.4 Å². The van der Waals surface area contributed by atoms with Crippen LogP contribution in [-0.2, 0) is 4.74 Å². The Morgan fingerprint density at radius 1 is 1.26 bits per heavy atom. The summed E-state index contributed by atoms with van der Waals surface area (Å²) in [7, 11) is 1.70. The molecular formula is C14H18ClNO2S. The summed E-state index contributed by atoms with van der Waals surface area (Å²) in [6.07, 6.45) is -0.121. The molecule has 0 saturated carbocycles. The Kier molecular flexibility index (Phi) is 6.28. The molecule has 2 aromatic rings. The van der Waals surface area contributed by atoms with Crippen molar-refractivity contribution in [1.29, 1.82) is 0 Å². The van der Waals surface area contributed by atoms with Gasteiger partial charge >= 0.3 is 0 Å². The highest BCUT2D eigenvalue weighted by molar-refractivity contribution is 7.13. The summed E-state index contributed by atoms with van der Waals surface area (Å²) in [6, 6.07) is 10.1. The van der Waals surface area contributed by atoms with Crippen molar-refractivity contribution < 1.29 is 9.47 Å². The molecule has 1 aromatic heterocycles. The van der Waals surface area contributed by atoms with E-state index in [1.165, 1.54) is 0 Å². The average Bonchev–Trinajstić information content (AvgIpc) is 2.74. The Morgan fingerprint density at radius 2 is 1.95 bits per heavy atom. The van der Waals surface area contributed by atoms with E-state index in [2.05, 4.69) is 4.98 Å². The Labute approximate surface area is 124 Å². The molecule has 0 aliphatic carbocycles. The molecule has 1 unspecified atom stereocenters. The van der Waals surface area contributed by atoms with E-state index < -0.39 is 0 Å². The molecule has 0 N–H and O–H groups in total. The summed E-state index contributed by atoms with van der Waals surface area (Å²) in [4.78, 5) is 4.55. The summed E-state index contributed by atoms with van der Waals surface area (Å²) in [6.45, 7) is 4.60. The molecule has 19 heavy (non-hydrogen) atoms. The maximum absolute atomic E-state index is 5.56. The van der Waals surface area contributed by atoms with Gasteiger partial charge in [-0.25, -0.2) is 4.98 Å². The van der Waals surface area contributed by atoms with Gasteiger partial charge in [0.25, 0.3) is 0 Å². The number of methoxy groups -OCH3 is 1. The van der Waals surface area contributed by atoms with Crippen LogP contribution in [0.4, 0.5) is 0 Å². The molecule has 0 fully saturated rings. The third kappa shape index (κ3) is 3.69. The van der Waals surface area contributed by atoms with Crippen LogP contribution in [0.2, 0.25) is 0 Å². The van der Waals surface area contributed by atoms with Crippen LogP contribution in [0.5, 0.6) is 5.06 Å². The predicted molar refractivity (Wildman–Crippen MR) is 80.6 cm³/mol. The molecule has 0 aliphatic heterocycles. The molecule has 2 rings (SSSR count). The van der Waals surface area contributed by atoms with Gasteiger partial charge in [0.2, 0.25) is 0 Å². The van der Waals surface area contributed by atoms with Gasteiger partial charge < -0.3 is 9.47 Å². The van der Waals surface area contributed by atoms with E-state index >= 15 is 0 Å². The van der Waals surface area contributed by atoms with Crippen LogP contribution in [0.25, 0.3) is 0 Å². The number of aromatic nitrogens is 1. The lowest BCUT2D eigenvalue weighted by molar-refractivity contribution is 0.136. The number of thiazole rings is 1. The zero-order valence-electron chi connectivity index (χ0n) is 11.3. The molecule has 1 heterocycles. The first-order chi connectivity index (χ1) is 8.76. The second-order valence-corrected chi connectivity index (χ2v) is 4.88. The molecule has 0 amide bonds. The lowest BCUT2D eigenvalue weighted by atomic mass is 10.1. The van der Waals surface area contributed by atoms with E-state index in [0.29, 0.717) is 6.61 Å². The molecule has 5 heteroatoms. The quantitative estimate of drug-likeness (QED) is 0.836. The van der Waals surface area contributed by atoms with Crippen molar-refractivity contribution >= 4 is 23.7 Å². The topological polar surface area (TPSA) is 31.4 Å². The van der Waals surface area contributed by atoms with Gasteiger partial charge in [-0.3, -0.25) is 0 Å². The summed E-state index contributed by atoms with van der Waals surface area (Å²) >= 11 is 1.55. The molecular weight excluding hydrogens is 282 g/mol. The fourth-order valence-electron chi connectivity index (χ4n) is 1.79. The fraction of sp³-hybridized carbons (Fsp3) is 0.357. The monoisotopic (exact) mass is 299 g/mol. The summed E-state index contributed by atoms with van der Waals surface area (Å²) in [5, 5.41) is 1.81. The zero-order chi connectivity index (χ0) is 13.0. The number of rotatable bonds is 5. The van der Waals surface area contributed by atoms with Gasteiger partial charge in [0, 0.05) is 7.11 Å². The Morgan fingerprint density at radius 3 is 2.53 bits per heavy atom. The summed E-state index contributed by atoms with van der Waals surface area (Å²) in [5.74, 6) is 0. The third-order valence-corrected chi connectivity index (χ3v) is 3.72. The first-order valence-corrected chi connectivity index (χ1v) is 6.75. The van der Waals surface area contributed by atoms with Gasteiger partial charge in [-0.1, -0.05) is 41.7 Å². The van der Waals surface area contributed by atoms with E-state index in [1.807, 2.05) is 44.2 Å². The lowest BCUT2D eigenvalue weighted by Gasteiger charge is -2.12. The number of hydrogen-bond acceptors (Lipinski definition) is 4. The molecule has 0 spiro atoms. The standard InChI is InChI=1S/C14H17NO2S.ClH/c1-4-17-14-10(2)15-13(18-14)12(16-3)11-8-6-5-7-9-11;/h5-9,12H,4H2,1-3H3;1H. The smallest absolute Gasteiger partial charge is 0.197 e. The number of hydrogen-bond donors (Lipinski definition) is 0. The van der Waals surface area contributed by atoms with Crippen molar-refractivity contribution in [3.05, 3.63) is 46.6 Å². The highest BCUT2D eigenvalue weighted by Crippen LogP contribution is 2.34. The van der Waals surface area contributed by atoms with Crippen LogP contribution in [0.1, 0.15) is 29.3 Å². The van der Waals surface area contributed by atoms with Gasteiger partial charge in [0.15, 0.2) is 5.06 Å². The van der Waals surface area contributed by atoms with Crippen molar-refractivity contribution in [3.63, 3.8) is 0 Å². The van der Waals surface area contributed by atoms with Crippen molar-refractivity contribution in [2.24, 2.45) is 0 Å². The average molecular weight is 300 g/mol. The third-order valence-electron chi connectivity index (χ3n) is 2.61. The van der Waals surface area contributed by atoms with E-state index in [9.17, 15) is 0 Å². The molecule has 1 aromatic carbocycles. The van der Waals surface area contributed by atoms with Gasteiger partial charge in [-0.2, -0.15) is 0 Å². The number of aryl methyl sites for hydroxylation is 1. The Bertz CT molecular complexity index is 501. The van der Waals surface area contributed by atoms with Crippen LogP contribution in [-0.4, -0.2) is 18.7 Å². The molecule has 0 radical (unpaired) electrons. The number of halogens is 1. The second-order valence-electron chi connectivity index (χ2n) is 3.88. The molecule has 3 nitrogen and oxygen atoms in total. The van der Waals surface area contributed by atoms with Crippen molar-refractivity contribution in [3.8, 4) is 5.06 Å². The van der Waals surface area contributed by atoms with Crippen molar-refractivity contribution in [2.45, 2.75) is 20.0 Å². The lowest BCUT2D eigenvalue weighted by Crippen LogP contribution is -2.02. The fourth-order valence-corrected chi connectivity index (χ4v) is 2.87. The maximum Gasteiger partial charge on any atom is 0.197 e. The molecule has 0 bridgehead atoms. The largest absolute Gasteiger partial charge is 0.483 e. The molecule has 1 atom stereocenters. The first-order valence-electron chi connectivity index (χ1n) is 5.94. The molecule has 104 valence electrons. The van der Waals surface area contributed by atoms with E-state index in [0.717, 1.165) is 21.3 Å². The maximum atomic E-state index is 5.56. The number of ether oxygens (including phenoxy) is 2. The normalized spacial score (nSPS) is 11.7. The SMILES string of the molecule is CCOc1sc(C(OC)c2ccccc2)nc1C.Cl. The van der Waals surface area contributed by atoms with Gasteiger partial charge in [0.05, 0.1) is 12.3 Å². The van der Waals surface area contributed by atoms with Crippen LogP contribution in [0, 0.1) is 6.92 Å².